The van der Waals surface area contributed by atoms with E-state index >= 15 is 0 Å². The number of aromatic hydroxyl groups is 1. The highest BCUT2D eigenvalue weighted by Crippen LogP contribution is 2.31. The monoisotopic (exact) mass is 474 g/mol. The number of nitrogens with zero attached hydrogens (tertiary/aromatic N) is 4. The fraction of sp³-hybridized carbons (Fsp3) is 0.261. The Bertz CT molecular complexity index is 1220. The van der Waals surface area contributed by atoms with Gasteiger partial charge in [-0.2, -0.15) is 18.3 Å². The normalized spacial score (nSPS) is 14.2. The van der Waals surface area contributed by atoms with Crippen LogP contribution in [-0.4, -0.2) is 69.8 Å². The van der Waals surface area contributed by atoms with E-state index in [0.717, 1.165) is 12.1 Å². The topological polar surface area (TPSA) is 87.9 Å². The summed E-state index contributed by atoms with van der Waals surface area (Å²) in [5, 5.41) is 14.1. The summed E-state index contributed by atoms with van der Waals surface area (Å²) in [5.41, 5.74) is -0.563. The third-order valence-corrected chi connectivity index (χ3v) is 5.53. The number of halogens is 3. The molecule has 0 saturated carbocycles. The van der Waals surface area contributed by atoms with Crippen LogP contribution >= 0.6 is 0 Å². The number of phenolic OH excluding ortho intramolecular Hbond substituents is 1. The first-order valence-corrected chi connectivity index (χ1v) is 10.4. The lowest BCUT2D eigenvalue weighted by atomic mass is 10.1. The lowest BCUT2D eigenvalue weighted by Crippen LogP contribution is -2.50. The van der Waals surface area contributed by atoms with E-state index < -0.39 is 17.6 Å². The number of benzene rings is 2. The van der Waals surface area contributed by atoms with Crippen LogP contribution in [0.5, 0.6) is 11.5 Å². The summed E-state index contributed by atoms with van der Waals surface area (Å²) in [6.07, 6.45) is -3.17. The zero-order chi connectivity index (χ0) is 24.5. The Kier molecular flexibility index (Phi) is 6.18. The van der Waals surface area contributed by atoms with Crippen molar-refractivity contribution in [3.8, 4) is 17.2 Å². The van der Waals surface area contributed by atoms with Gasteiger partial charge in [0, 0.05) is 26.2 Å². The Hall–Kier alpha value is -4.02. The number of hydrogen-bond acceptors (Lipinski definition) is 5. The molecular formula is C23H21F3N4O4. The average Bonchev–Trinajstić information content (AvgIpc) is 3.28. The number of alkyl halides is 3. The molecular weight excluding hydrogens is 453 g/mol. The van der Waals surface area contributed by atoms with Gasteiger partial charge in [0.25, 0.3) is 11.8 Å². The van der Waals surface area contributed by atoms with Crippen molar-refractivity contribution in [2.75, 3.05) is 33.3 Å². The molecule has 34 heavy (non-hydrogen) atoms. The molecule has 1 saturated heterocycles. The predicted octanol–water partition coefficient (Wildman–Crippen LogP) is 3.20. The van der Waals surface area contributed by atoms with Gasteiger partial charge in [0.15, 0.2) is 11.4 Å². The van der Waals surface area contributed by atoms with Crippen molar-refractivity contribution in [3.63, 3.8) is 0 Å². The van der Waals surface area contributed by atoms with Crippen LogP contribution in [0.1, 0.15) is 26.4 Å². The maximum atomic E-state index is 13.1. The lowest BCUT2D eigenvalue weighted by Gasteiger charge is -2.34. The van der Waals surface area contributed by atoms with E-state index in [9.17, 15) is 27.9 Å². The molecule has 3 aromatic rings. The largest absolute Gasteiger partial charge is 0.507 e. The quantitative estimate of drug-likeness (QED) is 0.628. The summed E-state index contributed by atoms with van der Waals surface area (Å²) in [4.78, 5) is 28.8. The van der Waals surface area contributed by atoms with Crippen molar-refractivity contribution >= 4 is 11.8 Å². The SMILES string of the molecule is COc1cn(-c2cccc(C(F)(F)F)c2)nc1C(=O)N1CCN(C(=O)c2ccccc2O)CC1. The number of rotatable bonds is 4. The summed E-state index contributed by atoms with van der Waals surface area (Å²) in [6.45, 7) is 0.931. The fourth-order valence-corrected chi connectivity index (χ4v) is 3.70. The molecule has 4 rings (SSSR count). The standard InChI is InChI=1S/C23H21F3N4O4/c1-34-19-14-30(16-6-4-5-15(13-16)23(24,25)26)27-20(19)22(33)29-11-9-28(10-12-29)21(32)17-7-2-3-8-18(17)31/h2-8,13-14,31H,9-12H2,1H3. The number of methoxy groups -OCH3 is 1. The first-order chi connectivity index (χ1) is 16.2. The van der Waals surface area contributed by atoms with Crippen LogP contribution in [0.15, 0.2) is 54.7 Å². The van der Waals surface area contributed by atoms with Crippen molar-refractivity contribution < 1.29 is 32.6 Å². The van der Waals surface area contributed by atoms with Crippen LogP contribution in [0.2, 0.25) is 0 Å². The van der Waals surface area contributed by atoms with Crippen molar-refractivity contribution in [2.45, 2.75) is 6.18 Å². The Balaban J connectivity index is 1.50. The van der Waals surface area contributed by atoms with Crippen molar-refractivity contribution in [1.29, 1.82) is 0 Å². The highest BCUT2D eigenvalue weighted by Gasteiger charge is 2.32. The van der Waals surface area contributed by atoms with Crippen LogP contribution in [0.4, 0.5) is 13.2 Å². The van der Waals surface area contributed by atoms with Gasteiger partial charge in [-0.1, -0.05) is 18.2 Å². The van der Waals surface area contributed by atoms with Gasteiger partial charge in [-0.3, -0.25) is 9.59 Å². The molecule has 0 atom stereocenters. The summed E-state index contributed by atoms with van der Waals surface area (Å²) in [5.74, 6) is -0.792. The molecule has 0 bridgehead atoms. The van der Waals surface area contributed by atoms with Gasteiger partial charge in [0.2, 0.25) is 0 Å². The number of carbonyl (C=O) groups is 2. The third kappa shape index (κ3) is 4.54. The zero-order valence-electron chi connectivity index (χ0n) is 18.1. The average molecular weight is 474 g/mol. The number of hydrogen-bond donors (Lipinski definition) is 1. The maximum absolute atomic E-state index is 13.1. The molecule has 0 aliphatic carbocycles. The first-order valence-electron chi connectivity index (χ1n) is 10.4. The van der Waals surface area contributed by atoms with Gasteiger partial charge >= 0.3 is 6.18 Å². The van der Waals surface area contributed by atoms with E-state index in [2.05, 4.69) is 5.10 Å². The highest BCUT2D eigenvalue weighted by atomic mass is 19.4. The minimum atomic E-state index is -4.51. The van der Waals surface area contributed by atoms with Gasteiger partial charge < -0.3 is 19.6 Å². The molecule has 1 fully saturated rings. The molecule has 0 unspecified atom stereocenters. The van der Waals surface area contributed by atoms with E-state index in [0.29, 0.717) is 0 Å². The molecule has 1 aliphatic rings. The molecule has 11 heteroatoms. The second-order valence-corrected chi connectivity index (χ2v) is 7.64. The van der Waals surface area contributed by atoms with E-state index in [1.165, 1.54) is 52.1 Å². The predicted molar refractivity (Wildman–Crippen MR) is 115 cm³/mol. The Labute approximate surface area is 192 Å². The Morgan fingerprint density at radius 2 is 1.62 bits per heavy atom. The second kappa shape index (κ2) is 9.08. The minimum absolute atomic E-state index is 0.0413. The molecule has 1 aliphatic heterocycles. The maximum Gasteiger partial charge on any atom is 0.416 e. The van der Waals surface area contributed by atoms with Crippen LogP contribution in [0, 0.1) is 0 Å². The summed E-state index contributed by atoms with van der Waals surface area (Å²) < 4.78 is 45.6. The molecule has 2 amide bonds. The van der Waals surface area contributed by atoms with Crippen molar-refractivity contribution in [1.82, 2.24) is 19.6 Å². The molecule has 1 N–H and O–H groups in total. The molecule has 2 aromatic carbocycles. The first kappa shape index (κ1) is 23.1. The van der Waals surface area contributed by atoms with Gasteiger partial charge in [0.1, 0.15) is 5.75 Å². The van der Waals surface area contributed by atoms with Crippen LogP contribution in [0.3, 0.4) is 0 Å². The third-order valence-electron chi connectivity index (χ3n) is 5.53. The van der Waals surface area contributed by atoms with Gasteiger partial charge in [-0.05, 0) is 30.3 Å². The van der Waals surface area contributed by atoms with Gasteiger partial charge in [-0.25, -0.2) is 4.68 Å². The van der Waals surface area contributed by atoms with E-state index in [1.807, 2.05) is 0 Å². The van der Waals surface area contributed by atoms with Gasteiger partial charge in [-0.15, -0.1) is 0 Å². The van der Waals surface area contributed by atoms with Crippen molar-refractivity contribution in [3.05, 3.63) is 71.5 Å². The molecule has 0 radical (unpaired) electrons. The minimum Gasteiger partial charge on any atom is -0.507 e. The Morgan fingerprint density at radius 1 is 0.971 bits per heavy atom. The van der Waals surface area contributed by atoms with Crippen LogP contribution in [-0.2, 0) is 6.18 Å². The fourth-order valence-electron chi connectivity index (χ4n) is 3.70. The molecule has 2 heterocycles. The number of phenols is 1. The number of para-hydroxylation sites is 1. The summed E-state index contributed by atoms with van der Waals surface area (Å²) in [6, 6.07) is 10.8. The Morgan fingerprint density at radius 3 is 2.24 bits per heavy atom. The lowest BCUT2D eigenvalue weighted by molar-refractivity contribution is -0.137. The highest BCUT2D eigenvalue weighted by molar-refractivity contribution is 5.97. The van der Waals surface area contributed by atoms with Crippen LogP contribution in [0.25, 0.3) is 5.69 Å². The van der Waals surface area contributed by atoms with E-state index in [1.54, 1.807) is 12.1 Å². The number of aromatic nitrogens is 2. The molecule has 0 spiro atoms. The van der Waals surface area contributed by atoms with Gasteiger partial charge in [0.05, 0.1) is 30.1 Å². The smallest absolute Gasteiger partial charge is 0.416 e. The number of carbonyl (C=O) groups excluding carboxylic acids is 2. The summed E-state index contributed by atoms with van der Waals surface area (Å²) in [7, 11) is 1.34. The number of ether oxygens (including phenoxy) is 1. The van der Waals surface area contributed by atoms with Crippen LogP contribution < -0.4 is 4.74 Å². The molecule has 8 nitrogen and oxygen atoms in total. The second-order valence-electron chi connectivity index (χ2n) is 7.64. The van der Waals surface area contributed by atoms with E-state index in [4.69, 9.17) is 4.74 Å². The zero-order valence-corrected chi connectivity index (χ0v) is 18.1. The number of piperazine rings is 1. The van der Waals surface area contributed by atoms with E-state index in [-0.39, 0.29) is 60.5 Å². The van der Waals surface area contributed by atoms with Crippen molar-refractivity contribution in [2.24, 2.45) is 0 Å². The number of amides is 2. The summed E-state index contributed by atoms with van der Waals surface area (Å²) >= 11 is 0. The molecule has 178 valence electrons. The molecule has 1 aromatic heterocycles.